The number of rotatable bonds is 2. The SMILES string of the molecule is O=c1[nH]cc(N2CC[C@H](CO)[C@H](O)C2)c(=O)[nH]1. The standard InChI is InChI=1S/C10H15N3O4/c14-5-6-1-2-13(4-8(6)15)7-3-11-10(17)12-9(7)16/h3,6,8,14-15H,1-2,4-5H2,(H2,11,12,16,17)/t6-,8-/m1/s1. The highest BCUT2D eigenvalue weighted by Crippen LogP contribution is 2.20. The number of aromatic amines is 2. The van der Waals surface area contributed by atoms with Crippen molar-refractivity contribution in [3.63, 3.8) is 0 Å². The number of H-pyrrole nitrogens is 2. The van der Waals surface area contributed by atoms with Crippen LogP contribution in [0.4, 0.5) is 5.69 Å². The van der Waals surface area contributed by atoms with Gasteiger partial charge in [-0.05, 0) is 6.42 Å². The molecule has 0 radical (unpaired) electrons. The fourth-order valence-electron chi connectivity index (χ4n) is 2.05. The van der Waals surface area contributed by atoms with Crippen molar-refractivity contribution in [3.8, 4) is 0 Å². The summed E-state index contributed by atoms with van der Waals surface area (Å²) in [7, 11) is 0. The van der Waals surface area contributed by atoms with E-state index in [2.05, 4.69) is 9.97 Å². The van der Waals surface area contributed by atoms with Crippen LogP contribution in [0.5, 0.6) is 0 Å². The second kappa shape index (κ2) is 4.72. The van der Waals surface area contributed by atoms with Crippen molar-refractivity contribution in [2.24, 2.45) is 5.92 Å². The van der Waals surface area contributed by atoms with Crippen molar-refractivity contribution >= 4 is 5.69 Å². The van der Waals surface area contributed by atoms with E-state index in [4.69, 9.17) is 5.11 Å². The second-order valence-electron chi connectivity index (χ2n) is 4.20. The third kappa shape index (κ3) is 2.40. The van der Waals surface area contributed by atoms with E-state index in [1.807, 2.05) is 0 Å². The van der Waals surface area contributed by atoms with Gasteiger partial charge in [-0.1, -0.05) is 0 Å². The van der Waals surface area contributed by atoms with E-state index in [-0.39, 0.29) is 19.1 Å². The van der Waals surface area contributed by atoms with Gasteiger partial charge in [-0.25, -0.2) is 4.79 Å². The molecule has 7 nitrogen and oxygen atoms in total. The predicted octanol–water partition coefficient (Wildman–Crippen LogP) is -1.76. The van der Waals surface area contributed by atoms with Gasteiger partial charge in [0, 0.05) is 31.8 Å². The maximum absolute atomic E-state index is 11.5. The van der Waals surface area contributed by atoms with Crippen LogP contribution in [-0.4, -0.2) is 46.0 Å². The molecule has 0 saturated carbocycles. The summed E-state index contributed by atoms with van der Waals surface area (Å²) in [5.41, 5.74) is -0.687. The van der Waals surface area contributed by atoms with Gasteiger partial charge in [0.1, 0.15) is 5.69 Å². The van der Waals surface area contributed by atoms with Gasteiger partial charge in [0.2, 0.25) is 0 Å². The molecule has 4 N–H and O–H groups in total. The Morgan fingerprint density at radius 1 is 1.47 bits per heavy atom. The molecule has 1 fully saturated rings. The van der Waals surface area contributed by atoms with Crippen molar-refractivity contribution in [1.82, 2.24) is 9.97 Å². The van der Waals surface area contributed by atoms with Crippen molar-refractivity contribution in [2.75, 3.05) is 24.6 Å². The zero-order chi connectivity index (χ0) is 12.4. The third-order valence-electron chi connectivity index (χ3n) is 3.10. The minimum Gasteiger partial charge on any atom is -0.396 e. The van der Waals surface area contributed by atoms with Crippen LogP contribution in [0.3, 0.4) is 0 Å². The van der Waals surface area contributed by atoms with Gasteiger partial charge in [-0.3, -0.25) is 9.78 Å². The highest BCUT2D eigenvalue weighted by atomic mass is 16.3. The van der Waals surface area contributed by atoms with Gasteiger partial charge in [0.25, 0.3) is 5.56 Å². The average Bonchev–Trinajstić information content (AvgIpc) is 2.29. The monoisotopic (exact) mass is 241 g/mol. The smallest absolute Gasteiger partial charge is 0.325 e. The first-order valence-electron chi connectivity index (χ1n) is 5.47. The number of aliphatic hydroxyl groups excluding tert-OH is 2. The zero-order valence-electron chi connectivity index (χ0n) is 9.22. The molecule has 0 unspecified atom stereocenters. The quantitative estimate of drug-likeness (QED) is 0.490. The highest BCUT2D eigenvalue weighted by Gasteiger charge is 2.28. The molecule has 1 aromatic rings. The topological polar surface area (TPSA) is 109 Å². The molecule has 2 heterocycles. The molecule has 2 atom stereocenters. The highest BCUT2D eigenvalue weighted by molar-refractivity contribution is 5.42. The van der Waals surface area contributed by atoms with Crippen LogP contribution in [0.25, 0.3) is 0 Å². The summed E-state index contributed by atoms with van der Waals surface area (Å²) in [6.07, 6.45) is 1.28. The normalized spacial score (nSPS) is 24.9. The van der Waals surface area contributed by atoms with Crippen LogP contribution in [0.2, 0.25) is 0 Å². The second-order valence-corrected chi connectivity index (χ2v) is 4.20. The lowest BCUT2D eigenvalue weighted by molar-refractivity contribution is 0.0547. The fraction of sp³-hybridized carbons (Fsp3) is 0.600. The summed E-state index contributed by atoms with van der Waals surface area (Å²) in [4.78, 5) is 28.7. The molecule has 1 aliphatic rings. The van der Waals surface area contributed by atoms with Gasteiger partial charge in [-0.2, -0.15) is 0 Å². The summed E-state index contributed by atoms with van der Waals surface area (Å²) in [6.45, 7) is 0.786. The first kappa shape index (κ1) is 11.9. The largest absolute Gasteiger partial charge is 0.396 e. The number of piperidine rings is 1. The van der Waals surface area contributed by atoms with Gasteiger partial charge in [-0.15, -0.1) is 0 Å². The third-order valence-corrected chi connectivity index (χ3v) is 3.10. The van der Waals surface area contributed by atoms with E-state index >= 15 is 0 Å². The molecule has 94 valence electrons. The van der Waals surface area contributed by atoms with Gasteiger partial charge in [0.15, 0.2) is 0 Å². The van der Waals surface area contributed by atoms with E-state index in [0.717, 1.165) is 0 Å². The summed E-state index contributed by atoms with van der Waals surface area (Å²) in [5.74, 6) is -0.145. The maximum atomic E-state index is 11.5. The Morgan fingerprint density at radius 3 is 2.82 bits per heavy atom. The minimum absolute atomic E-state index is 0.0585. The summed E-state index contributed by atoms with van der Waals surface area (Å²) in [6, 6.07) is 0. The maximum Gasteiger partial charge on any atom is 0.325 e. The Balaban J connectivity index is 2.19. The van der Waals surface area contributed by atoms with Crippen molar-refractivity contribution in [3.05, 3.63) is 27.0 Å². The van der Waals surface area contributed by atoms with Crippen LogP contribution in [-0.2, 0) is 0 Å². The van der Waals surface area contributed by atoms with Crippen LogP contribution in [0.15, 0.2) is 15.8 Å². The Labute approximate surface area is 96.7 Å². The lowest BCUT2D eigenvalue weighted by atomic mass is 9.94. The number of hydrogen-bond acceptors (Lipinski definition) is 5. The Hall–Kier alpha value is -1.60. The number of nitrogens with zero attached hydrogens (tertiary/aromatic N) is 1. The minimum atomic E-state index is -0.667. The Bertz CT molecular complexity index is 495. The molecule has 0 aromatic carbocycles. The predicted molar refractivity (Wildman–Crippen MR) is 61.1 cm³/mol. The van der Waals surface area contributed by atoms with Crippen molar-refractivity contribution in [2.45, 2.75) is 12.5 Å². The Kier molecular flexibility index (Phi) is 3.30. The zero-order valence-corrected chi connectivity index (χ0v) is 9.22. The average molecular weight is 241 g/mol. The van der Waals surface area contributed by atoms with Gasteiger partial charge in [0.05, 0.1) is 6.10 Å². The van der Waals surface area contributed by atoms with E-state index in [1.54, 1.807) is 4.90 Å². The molecule has 1 saturated heterocycles. The molecule has 0 aliphatic carbocycles. The van der Waals surface area contributed by atoms with E-state index < -0.39 is 17.4 Å². The summed E-state index contributed by atoms with van der Waals surface area (Å²) in [5, 5.41) is 18.8. The molecule has 0 spiro atoms. The summed E-state index contributed by atoms with van der Waals surface area (Å²) >= 11 is 0. The first-order valence-corrected chi connectivity index (χ1v) is 5.47. The number of aliphatic hydroxyl groups is 2. The molecular weight excluding hydrogens is 226 g/mol. The number of aromatic nitrogens is 2. The first-order chi connectivity index (χ1) is 8.11. The van der Waals surface area contributed by atoms with Gasteiger partial charge >= 0.3 is 5.69 Å². The number of anilines is 1. The lowest BCUT2D eigenvalue weighted by Crippen LogP contribution is -2.47. The van der Waals surface area contributed by atoms with Crippen LogP contribution in [0, 0.1) is 5.92 Å². The number of β-amino-alcohol motifs (C(OH)–C–C–N with tert-alkyl or cyclic N) is 1. The molecule has 2 rings (SSSR count). The lowest BCUT2D eigenvalue weighted by Gasteiger charge is -2.35. The summed E-state index contributed by atoms with van der Waals surface area (Å²) < 4.78 is 0. The van der Waals surface area contributed by atoms with Gasteiger partial charge < -0.3 is 20.1 Å². The number of nitrogens with one attached hydrogen (secondary N) is 2. The molecule has 0 amide bonds. The number of hydrogen-bond donors (Lipinski definition) is 4. The van der Waals surface area contributed by atoms with Crippen LogP contribution in [0.1, 0.15) is 6.42 Å². The van der Waals surface area contributed by atoms with E-state index in [1.165, 1.54) is 6.20 Å². The van der Waals surface area contributed by atoms with Crippen LogP contribution < -0.4 is 16.1 Å². The van der Waals surface area contributed by atoms with Crippen LogP contribution >= 0.6 is 0 Å². The fourth-order valence-corrected chi connectivity index (χ4v) is 2.05. The van der Waals surface area contributed by atoms with Crippen molar-refractivity contribution in [1.29, 1.82) is 0 Å². The molecular formula is C10H15N3O4. The molecule has 1 aromatic heterocycles. The molecule has 17 heavy (non-hydrogen) atoms. The van der Waals surface area contributed by atoms with E-state index in [0.29, 0.717) is 18.7 Å². The van der Waals surface area contributed by atoms with E-state index in [9.17, 15) is 14.7 Å². The molecule has 1 aliphatic heterocycles. The van der Waals surface area contributed by atoms with Crippen molar-refractivity contribution < 1.29 is 10.2 Å². The Morgan fingerprint density at radius 2 is 2.24 bits per heavy atom. The molecule has 0 bridgehead atoms. The molecule has 7 heteroatoms.